The molecule has 2 heterocycles. The van der Waals surface area contributed by atoms with Gasteiger partial charge >= 0.3 is 0 Å². The third-order valence-electron chi connectivity index (χ3n) is 2.38. The quantitative estimate of drug-likeness (QED) is 0.813. The number of hydrogen-bond acceptors (Lipinski definition) is 3. The topological polar surface area (TPSA) is 38.1 Å². The Morgan fingerprint density at radius 2 is 2.50 bits per heavy atom. The van der Waals surface area contributed by atoms with Crippen LogP contribution < -0.4 is 5.32 Å². The Balaban J connectivity index is 1.95. The second-order valence-electron chi connectivity index (χ2n) is 3.46. The summed E-state index contributed by atoms with van der Waals surface area (Å²) in [6.45, 7) is 0.993. The van der Waals surface area contributed by atoms with Crippen LogP contribution in [0, 0.1) is 0 Å². The number of nitrogens with zero attached hydrogens (tertiary/aromatic N) is 1. The van der Waals surface area contributed by atoms with Gasteiger partial charge in [-0.1, -0.05) is 0 Å². The molecule has 0 radical (unpaired) electrons. The monoisotopic (exact) mass is 202 g/mol. The molecular formula is C9H12F2N2O. The van der Waals surface area contributed by atoms with Gasteiger partial charge in [0.2, 0.25) is 0 Å². The molecule has 3 nitrogen and oxygen atoms in total. The Labute approximate surface area is 80.5 Å². The molecule has 1 aromatic rings. The van der Waals surface area contributed by atoms with Crippen molar-refractivity contribution in [3.63, 3.8) is 0 Å². The first kappa shape index (κ1) is 9.58. The van der Waals surface area contributed by atoms with Crippen LogP contribution in [-0.4, -0.2) is 17.6 Å². The van der Waals surface area contributed by atoms with Gasteiger partial charge in [-0.25, -0.2) is 13.8 Å². The molecule has 1 aliphatic rings. The van der Waals surface area contributed by atoms with Gasteiger partial charge in [0.25, 0.3) is 6.43 Å². The molecule has 1 aliphatic heterocycles. The minimum absolute atomic E-state index is 0.266. The van der Waals surface area contributed by atoms with Gasteiger partial charge in [0.1, 0.15) is 12.0 Å². The number of halogens is 2. The maximum atomic E-state index is 12.2. The molecular weight excluding hydrogens is 190 g/mol. The molecule has 1 fully saturated rings. The third kappa shape index (κ3) is 2.09. The van der Waals surface area contributed by atoms with Crippen LogP contribution >= 0.6 is 0 Å². The van der Waals surface area contributed by atoms with Crippen molar-refractivity contribution in [1.29, 1.82) is 0 Å². The van der Waals surface area contributed by atoms with E-state index in [0.29, 0.717) is 18.4 Å². The van der Waals surface area contributed by atoms with Crippen LogP contribution in [0.2, 0.25) is 0 Å². The van der Waals surface area contributed by atoms with Gasteiger partial charge < -0.3 is 9.73 Å². The Bertz CT molecular complexity index is 295. The number of aromatic nitrogens is 1. The van der Waals surface area contributed by atoms with Crippen LogP contribution in [0.4, 0.5) is 8.78 Å². The van der Waals surface area contributed by atoms with Gasteiger partial charge in [0.15, 0.2) is 5.89 Å². The molecule has 78 valence electrons. The molecule has 1 saturated heterocycles. The van der Waals surface area contributed by atoms with Crippen molar-refractivity contribution in [2.75, 3.05) is 6.54 Å². The van der Waals surface area contributed by atoms with E-state index in [0.717, 1.165) is 25.6 Å². The van der Waals surface area contributed by atoms with Crippen molar-refractivity contribution in [2.24, 2.45) is 0 Å². The largest absolute Gasteiger partial charge is 0.448 e. The predicted molar refractivity (Wildman–Crippen MR) is 46.2 cm³/mol. The van der Waals surface area contributed by atoms with Crippen molar-refractivity contribution < 1.29 is 13.2 Å². The second kappa shape index (κ2) is 4.04. The molecule has 2 rings (SSSR count). The number of nitrogens with one attached hydrogen (secondary N) is 1. The zero-order valence-electron chi connectivity index (χ0n) is 7.67. The Kier molecular flexibility index (Phi) is 2.77. The molecule has 0 bridgehead atoms. The number of rotatable bonds is 3. The van der Waals surface area contributed by atoms with Crippen LogP contribution in [0.15, 0.2) is 10.7 Å². The normalized spacial score (nSPS) is 22.1. The zero-order chi connectivity index (χ0) is 9.97. The third-order valence-corrected chi connectivity index (χ3v) is 2.38. The predicted octanol–water partition coefficient (Wildman–Crippen LogP) is 1.91. The lowest BCUT2D eigenvalue weighted by atomic mass is 10.2. The smallest absolute Gasteiger partial charge is 0.283 e. The first-order valence-corrected chi connectivity index (χ1v) is 4.71. The van der Waals surface area contributed by atoms with E-state index in [9.17, 15) is 8.78 Å². The van der Waals surface area contributed by atoms with Gasteiger partial charge in [0, 0.05) is 12.5 Å². The highest BCUT2D eigenvalue weighted by Crippen LogP contribution is 2.19. The Morgan fingerprint density at radius 3 is 3.07 bits per heavy atom. The van der Waals surface area contributed by atoms with E-state index in [4.69, 9.17) is 4.42 Å². The molecule has 0 amide bonds. The van der Waals surface area contributed by atoms with Gasteiger partial charge in [0.05, 0.1) is 0 Å². The van der Waals surface area contributed by atoms with E-state index in [2.05, 4.69) is 10.3 Å². The molecule has 0 spiro atoms. The minimum Gasteiger partial charge on any atom is -0.448 e. The first-order valence-electron chi connectivity index (χ1n) is 4.71. The van der Waals surface area contributed by atoms with Gasteiger partial charge in [-0.3, -0.25) is 0 Å². The average molecular weight is 202 g/mol. The van der Waals surface area contributed by atoms with E-state index in [1.807, 2.05) is 0 Å². The summed E-state index contributed by atoms with van der Waals surface area (Å²) >= 11 is 0. The lowest BCUT2D eigenvalue weighted by Crippen LogP contribution is -2.23. The maximum absolute atomic E-state index is 12.2. The molecule has 1 unspecified atom stereocenters. The standard InChI is InChI=1S/C9H12F2N2O/c10-9(11)7-5-14-8(13-7)4-6-2-1-3-12-6/h5-6,9,12H,1-4H2. The Morgan fingerprint density at radius 1 is 1.64 bits per heavy atom. The molecule has 1 atom stereocenters. The van der Waals surface area contributed by atoms with Crippen molar-refractivity contribution >= 4 is 0 Å². The Hall–Kier alpha value is -0.970. The molecule has 1 aromatic heterocycles. The number of hydrogen-bond donors (Lipinski definition) is 1. The van der Waals surface area contributed by atoms with Crippen molar-refractivity contribution in [2.45, 2.75) is 31.7 Å². The van der Waals surface area contributed by atoms with E-state index < -0.39 is 6.43 Å². The highest BCUT2D eigenvalue weighted by atomic mass is 19.3. The van der Waals surface area contributed by atoms with Crippen LogP contribution in [0.25, 0.3) is 0 Å². The van der Waals surface area contributed by atoms with E-state index >= 15 is 0 Å². The van der Waals surface area contributed by atoms with Crippen LogP contribution in [-0.2, 0) is 6.42 Å². The van der Waals surface area contributed by atoms with E-state index in [1.54, 1.807) is 0 Å². The fourth-order valence-electron chi connectivity index (χ4n) is 1.66. The molecule has 5 heteroatoms. The van der Waals surface area contributed by atoms with Crippen LogP contribution in [0.1, 0.15) is 30.9 Å². The van der Waals surface area contributed by atoms with Crippen LogP contribution in [0.3, 0.4) is 0 Å². The maximum Gasteiger partial charge on any atom is 0.283 e. The minimum atomic E-state index is -2.54. The summed E-state index contributed by atoms with van der Waals surface area (Å²) in [7, 11) is 0. The number of alkyl halides is 2. The number of oxazole rings is 1. The molecule has 0 saturated carbocycles. The average Bonchev–Trinajstić information content (AvgIpc) is 2.75. The van der Waals surface area contributed by atoms with Gasteiger partial charge in [-0.05, 0) is 19.4 Å². The van der Waals surface area contributed by atoms with E-state index in [1.165, 1.54) is 0 Å². The van der Waals surface area contributed by atoms with Crippen molar-refractivity contribution in [3.8, 4) is 0 Å². The van der Waals surface area contributed by atoms with Crippen molar-refractivity contribution in [3.05, 3.63) is 17.8 Å². The lowest BCUT2D eigenvalue weighted by molar-refractivity contribution is 0.146. The van der Waals surface area contributed by atoms with Gasteiger partial charge in [-0.15, -0.1) is 0 Å². The lowest BCUT2D eigenvalue weighted by Gasteiger charge is -2.05. The van der Waals surface area contributed by atoms with E-state index in [-0.39, 0.29) is 5.69 Å². The summed E-state index contributed by atoms with van der Waals surface area (Å²) in [5.41, 5.74) is -0.266. The summed E-state index contributed by atoms with van der Waals surface area (Å²) in [6.07, 6.45) is 1.30. The van der Waals surface area contributed by atoms with Crippen LogP contribution in [0.5, 0.6) is 0 Å². The van der Waals surface area contributed by atoms with Crippen molar-refractivity contribution in [1.82, 2.24) is 10.3 Å². The fraction of sp³-hybridized carbons (Fsp3) is 0.667. The molecule has 0 aromatic carbocycles. The summed E-state index contributed by atoms with van der Waals surface area (Å²) in [4.78, 5) is 3.72. The highest BCUT2D eigenvalue weighted by molar-refractivity contribution is 4.99. The zero-order valence-corrected chi connectivity index (χ0v) is 7.67. The SMILES string of the molecule is FC(F)c1coc(CC2CCCN2)n1. The summed E-state index contributed by atoms with van der Waals surface area (Å²) in [5.74, 6) is 0.403. The molecule has 1 N–H and O–H groups in total. The molecule has 14 heavy (non-hydrogen) atoms. The summed E-state index contributed by atoms with van der Waals surface area (Å²) in [5, 5.41) is 3.26. The summed E-state index contributed by atoms with van der Waals surface area (Å²) < 4.78 is 29.3. The van der Waals surface area contributed by atoms with Gasteiger partial charge in [-0.2, -0.15) is 0 Å². The summed E-state index contributed by atoms with van der Waals surface area (Å²) in [6, 6.07) is 0.333. The second-order valence-corrected chi connectivity index (χ2v) is 3.46. The first-order chi connectivity index (χ1) is 6.75. The molecule has 0 aliphatic carbocycles. The highest BCUT2D eigenvalue weighted by Gasteiger charge is 2.19. The fourth-order valence-corrected chi connectivity index (χ4v) is 1.66.